The van der Waals surface area contributed by atoms with E-state index in [2.05, 4.69) is 28.6 Å². The highest BCUT2D eigenvalue weighted by molar-refractivity contribution is 6.06. The molecule has 0 bridgehead atoms. The fraction of sp³-hybridized carbons (Fsp3) is 0.471. The summed E-state index contributed by atoms with van der Waals surface area (Å²) >= 11 is 0. The van der Waals surface area contributed by atoms with Gasteiger partial charge in [0.2, 0.25) is 0 Å². The molecule has 1 unspecified atom stereocenters. The topological polar surface area (TPSA) is 63.1 Å². The quantitative estimate of drug-likeness (QED) is 0.906. The highest BCUT2D eigenvalue weighted by atomic mass is 35.5. The molecule has 128 valence electrons. The zero-order chi connectivity index (χ0) is 15.8. The van der Waals surface area contributed by atoms with Gasteiger partial charge >= 0.3 is 0 Å². The van der Waals surface area contributed by atoms with Crippen LogP contribution in [0.5, 0.6) is 0 Å². The van der Waals surface area contributed by atoms with Gasteiger partial charge in [-0.25, -0.2) is 4.68 Å². The summed E-state index contributed by atoms with van der Waals surface area (Å²) in [5.41, 5.74) is 2.67. The molecule has 1 fully saturated rings. The van der Waals surface area contributed by atoms with Gasteiger partial charge in [0.15, 0.2) is 5.69 Å². The maximum Gasteiger partial charge on any atom is 0.280 e. The number of amides is 1. The van der Waals surface area contributed by atoms with E-state index in [1.54, 1.807) is 0 Å². The Bertz CT molecular complexity index is 725. The van der Waals surface area contributed by atoms with Crippen molar-refractivity contribution in [2.24, 2.45) is 0 Å². The van der Waals surface area contributed by atoms with E-state index in [1.807, 2.05) is 34.0 Å². The summed E-state index contributed by atoms with van der Waals surface area (Å²) in [7, 11) is 0. The third kappa shape index (κ3) is 2.91. The van der Waals surface area contributed by atoms with E-state index >= 15 is 0 Å². The van der Waals surface area contributed by atoms with Gasteiger partial charge in [-0.3, -0.25) is 4.79 Å². The van der Waals surface area contributed by atoms with Crippen LogP contribution in [0, 0.1) is 0 Å². The van der Waals surface area contributed by atoms with Crippen LogP contribution in [0.2, 0.25) is 0 Å². The van der Waals surface area contributed by atoms with Crippen molar-refractivity contribution in [1.82, 2.24) is 20.3 Å². The average molecular weight is 348 g/mol. The molecule has 0 spiro atoms. The van der Waals surface area contributed by atoms with E-state index in [-0.39, 0.29) is 18.3 Å². The lowest BCUT2D eigenvalue weighted by Crippen LogP contribution is -2.30. The molecule has 1 atom stereocenters. The number of nitrogens with one attached hydrogen (secondary N) is 1. The predicted molar refractivity (Wildman–Crippen MR) is 94.9 cm³/mol. The van der Waals surface area contributed by atoms with Crippen LogP contribution in [-0.4, -0.2) is 40.5 Å². The number of halogens is 1. The smallest absolute Gasteiger partial charge is 0.280 e. The highest BCUT2D eigenvalue weighted by Gasteiger charge is 2.31. The van der Waals surface area contributed by atoms with Gasteiger partial charge < -0.3 is 10.2 Å². The van der Waals surface area contributed by atoms with E-state index in [9.17, 15) is 4.79 Å². The number of para-hydroxylation sites is 1. The van der Waals surface area contributed by atoms with Crippen LogP contribution in [-0.2, 0) is 0 Å². The van der Waals surface area contributed by atoms with Gasteiger partial charge in [0.05, 0.1) is 12.2 Å². The van der Waals surface area contributed by atoms with Gasteiger partial charge in [-0.15, -0.1) is 17.5 Å². The Morgan fingerprint density at radius 2 is 2.00 bits per heavy atom. The van der Waals surface area contributed by atoms with E-state index in [1.165, 1.54) is 5.56 Å². The maximum atomic E-state index is 12.8. The van der Waals surface area contributed by atoms with Crippen molar-refractivity contribution in [2.75, 3.05) is 24.5 Å². The summed E-state index contributed by atoms with van der Waals surface area (Å²) < 4.78 is 1.86. The van der Waals surface area contributed by atoms with Gasteiger partial charge in [0, 0.05) is 18.2 Å². The van der Waals surface area contributed by atoms with E-state index in [0.29, 0.717) is 24.2 Å². The number of rotatable bonds is 2. The first-order valence-electron chi connectivity index (χ1n) is 8.27. The molecule has 1 amide bonds. The van der Waals surface area contributed by atoms with Gasteiger partial charge in [-0.05, 0) is 37.6 Å². The molecule has 1 saturated heterocycles. The fourth-order valence-electron chi connectivity index (χ4n) is 3.58. The van der Waals surface area contributed by atoms with Crippen LogP contribution in [0.3, 0.4) is 0 Å². The number of hydrogen-bond acceptors (Lipinski definition) is 4. The Balaban J connectivity index is 0.00000169. The highest BCUT2D eigenvalue weighted by Crippen LogP contribution is 2.36. The van der Waals surface area contributed by atoms with Crippen LogP contribution < -0.4 is 10.2 Å². The fourth-order valence-corrected chi connectivity index (χ4v) is 3.58. The summed E-state index contributed by atoms with van der Waals surface area (Å²) in [5, 5.41) is 11.7. The van der Waals surface area contributed by atoms with Gasteiger partial charge in [0.25, 0.3) is 5.91 Å². The number of aromatic nitrogens is 3. The maximum absolute atomic E-state index is 12.8. The second kappa shape index (κ2) is 6.91. The molecule has 1 aromatic carbocycles. The number of piperidine rings is 1. The van der Waals surface area contributed by atoms with Crippen molar-refractivity contribution in [1.29, 1.82) is 0 Å². The van der Waals surface area contributed by atoms with Crippen molar-refractivity contribution >= 4 is 24.0 Å². The SMILES string of the molecule is CC1CN(C(=O)c2cn(C3CCNCC3)nn2)c2ccccc21.Cl. The largest absolute Gasteiger partial charge is 0.317 e. The normalized spacial score (nSPS) is 20.5. The molecule has 2 aromatic rings. The molecule has 2 aliphatic heterocycles. The molecule has 1 aromatic heterocycles. The lowest BCUT2D eigenvalue weighted by molar-refractivity contribution is 0.0983. The summed E-state index contributed by atoms with van der Waals surface area (Å²) in [6, 6.07) is 8.45. The van der Waals surface area contributed by atoms with Crippen LogP contribution in [0.15, 0.2) is 30.5 Å². The summed E-state index contributed by atoms with van der Waals surface area (Å²) in [6.45, 7) is 4.84. The van der Waals surface area contributed by atoms with Crippen LogP contribution in [0.25, 0.3) is 0 Å². The number of carbonyl (C=O) groups excluding carboxylic acids is 1. The second-order valence-electron chi connectivity index (χ2n) is 6.44. The molecule has 0 saturated carbocycles. The number of benzene rings is 1. The van der Waals surface area contributed by atoms with Crippen molar-refractivity contribution in [2.45, 2.75) is 31.7 Å². The van der Waals surface area contributed by atoms with Crippen LogP contribution in [0.4, 0.5) is 5.69 Å². The Morgan fingerprint density at radius 1 is 1.25 bits per heavy atom. The molecule has 7 heteroatoms. The number of hydrogen-bond donors (Lipinski definition) is 1. The van der Waals surface area contributed by atoms with Crippen molar-refractivity contribution in [3.63, 3.8) is 0 Å². The Morgan fingerprint density at radius 3 is 2.79 bits per heavy atom. The molecule has 3 heterocycles. The van der Waals surface area contributed by atoms with Crippen LogP contribution in [0.1, 0.15) is 47.8 Å². The summed E-state index contributed by atoms with van der Waals surface area (Å²) in [5.74, 6) is 0.302. The molecule has 6 nitrogen and oxygen atoms in total. The van der Waals surface area contributed by atoms with Crippen LogP contribution >= 0.6 is 12.4 Å². The molecule has 24 heavy (non-hydrogen) atoms. The van der Waals surface area contributed by atoms with Crippen molar-refractivity contribution in [3.8, 4) is 0 Å². The van der Waals surface area contributed by atoms with E-state index in [4.69, 9.17) is 0 Å². The lowest BCUT2D eigenvalue weighted by atomic mass is 10.0. The third-order valence-corrected chi connectivity index (χ3v) is 4.87. The number of fused-ring (bicyclic) bond motifs is 1. The predicted octanol–water partition coefficient (Wildman–Crippen LogP) is 2.39. The minimum Gasteiger partial charge on any atom is -0.317 e. The minimum atomic E-state index is -0.0537. The minimum absolute atomic E-state index is 0. The zero-order valence-electron chi connectivity index (χ0n) is 13.7. The third-order valence-electron chi connectivity index (χ3n) is 4.87. The molecule has 0 aliphatic carbocycles. The lowest BCUT2D eigenvalue weighted by Gasteiger charge is -2.22. The zero-order valence-corrected chi connectivity index (χ0v) is 14.5. The molecule has 2 aliphatic rings. The molecule has 1 N–H and O–H groups in total. The molecule has 0 radical (unpaired) electrons. The molecular formula is C17H22ClN5O. The monoisotopic (exact) mass is 347 g/mol. The van der Waals surface area contributed by atoms with Gasteiger partial charge in [-0.1, -0.05) is 30.3 Å². The van der Waals surface area contributed by atoms with Gasteiger partial charge in [-0.2, -0.15) is 0 Å². The Kier molecular flexibility index (Phi) is 4.87. The molecule has 4 rings (SSSR count). The summed E-state index contributed by atoms with van der Waals surface area (Å²) in [4.78, 5) is 14.7. The Hall–Kier alpha value is -1.92. The number of anilines is 1. The average Bonchev–Trinajstić information content (AvgIpc) is 3.21. The van der Waals surface area contributed by atoms with Crippen molar-refractivity contribution in [3.05, 3.63) is 41.7 Å². The number of nitrogens with zero attached hydrogens (tertiary/aromatic N) is 4. The standard InChI is InChI=1S/C17H21N5O.ClH/c1-12-10-21(16-5-3-2-4-14(12)16)17(23)15-11-22(20-19-15)13-6-8-18-9-7-13;/h2-5,11-13,18H,6-10H2,1H3;1H. The second-order valence-corrected chi connectivity index (χ2v) is 6.44. The van der Waals surface area contributed by atoms with E-state index < -0.39 is 0 Å². The van der Waals surface area contributed by atoms with Gasteiger partial charge in [0.1, 0.15) is 0 Å². The summed E-state index contributed by atoms with van der Waals surface area (Å²) in [6.07, 6.45) is 3.87. The first kappa shape index (κ1) is 16.9. The Labute approximate surface area is 147 Å². The first-order chi connectivity index (χ1) is 11.2. The first-order valence-corrected chi connectivity index (χ1v) is 8.27. The number of carbonyl (C=O) groups is 1. The van der Waals surface area contributed by atoms with Crippen molar-refractivity contribution < 1.29 is 4.79 Å². The van der Waals surface area contributed by atoms with E-state index in [0.717, 1.165) is 31.6 Å². The molecular weight excluding hydrogens is 326 g/mol.